The van der Waals surface area contributed by atoms with Crippen LogP contribution in [0.5, 0.6) is 0 Å². The SMILES string of the molecule is O=C(Nc1nncs1)[C@@H]1CCCN(C(=O)CCc2cccs2)C1. The van der Waals surface area contributed by atoms with Crippen LogP contribution in [0, 0.1) is 5.92 Å². The van der Waals surface area contributed by atoms with E-state index >= 15 is 0 Å². The monoisotopic (exact) mass is 350 g/mol. The van der Waals surface area contributed by atoms with Gasteiger partial charge in [0.2, 0.25) is 16.9 Å². The van der Waals surface area contributed by atoms with E-state index in [9.17, 15) is 9.59 Å². The number of anilines is 1. The van der Waals surface area contributed by atoms with Crippen molar-refractivity contribution in [3.8, 4) is 0 Å². The van der Waals surface area contributed by atoms with E-state index in [4.69, 9.17) is 0 Å². The molecule has 6 nitrogen and oxygen atoms in total. The molecule has 0 unspecified atom stereocenters. The summed E-state index contributed by atoms with van der Waals surface area (Å²) in [4.78, 5) is 27.7. The Morgan fingerprint density at radius 1 is 1.39 bits per heavy atom. The fourth-order valence-corrected chi connectivity index (χ4v) is 3.85. The standard InChI is InChI=1S/C15H18N4O2S2/c20-13(6-5-12-4-2-8-22-12)19-7-1-3-11(9-19)14(21)17-15-18-16-10-23-15/h2,4,8,10-11H,1,3,5-7,9H2,(H,17,18,21)/t11-/m1/s1. The first-order valence-corrected chi connectivity index (χ1v) is 9.35. The van der Waals surface area contributed by atoms with E-state index in [-0.39, 0.29) is 17.7 Å². The topological polar surface area (TPSA) is 75.2 Å². The van der Waals surface area contributed by atoms with Crippen molar-refractivity contribution in [3.05, 3.63) is 27.9 Å². The molecule has 0 aromatic carbocycles. The summed E-state index contributed by atoms with van der Waals surface area (Å²) in [6, 6.07) is 4.05. The zero-order chi connectivity index (χ0) is 16.1. The Bertz CT molecular complexity index is 643. The molecule has 1 aliphatic rings. The van der Waals surface area contributed by atoms with Crippen molar-refractivity contribution in [1.29, 1.82) is 0 Å². The van der Waals surface area contributed by atoms with Crippen molar-refractivity contribution in [1.82, 2.24) is 15.1 Å². The first-order valence-electron chi connectivity index (χ1n) is 7.59. The zero-order valence-corrected chi connectivity index (χ0v) is 14.2. The summed E-state index contributed by atoms with van der Waals surface area (Å²) in [5, 5.41) is 12.8. The molecule has 2 aromatic rings. The number of rotatable bonds is 5. The van der Waals surface area contributed by atoms with Crippen molar-refractivity contribution < 1.29 is 9.59 Å². The third-order valence-corrected chi connectivity index (χ3v) is 5.44. The van der Waals surface area contributed by atoms with Crippen LogP contribution in [0.4, 0.5) is 5.13 Å². The summed E-state index contributed by atoms with van der Waals surface area (Å²) < 4.78 is 0. The van der Waals surface area contributed by atoms with Crippen molar-refractivity contribution in [3.63, 3.8) is 0 Å². The highest BCUT2D eigenvalue weighted by molar-refractivity contribution is 7.13. The van der Waals surface area contributed by atoms with Crippen LogP contribution in [-0.2, 0) is 16.0 Å². The highest BCUT2D eigenvalue weighted by Crippen LogP contribution is 2.20. The van der Waals surface area contributed by atoms with Gasteiger partial charge in [0.15, 0.2) is 0 Å². The van der Waals surface area contributed by atoms with Crippen molar-refractivity contribution in [2.45, 2.75) is 25.7 Å². The Morgan fingerprint density at radius 3 is 3.04 bits per heavy atom. The predicted molar refractivity (Wildman–Crippen MR) is 90.5 cm³/mol. The maximum Gasteiger partial charge on any atom is 0.231 e. The molecular weight excluding hydrogens is 332 g/mol. The van der Waals surface area contributed by atoms with Gasteiger partial charge >= 0.3 is 0 Å². The van der Waals surface area contributed by atoms with E-state index in [1.807, 2.05) is 22.4 Å². The average Bonchev–Trinajstić information content (AvgIpc) is 3.26. The number of carbonyl (C=O) groups excluding carboxylic acids is 2. The van der Waals surface area contributed by atoms with Crippen LogP contribution in [0.1, 0.15) is 24.1 Å². The lowest BCUT2D eigenvalue weighted by Gasteiger charge is -2.32. The summed E-state index contributed by atoms with van der Waals surface area (Å²) in [7, 11) is 0. The van der Waals surface area contributed by atoms with E-state index in [1.165, 1.54) is 16.2 Å². The number of likely N-dealkylation sites (tertiary alicyclic amines) is 1. The highest BCUT2D eigenvalue weighted by Gasteiger charge is 2.28. The van der Waals surface area contributed by atoms with Crippen LogP contribution in [-0.4, -0.2) is 40.0 Å². The van der Waals surface area contributed by atoms with Gasteiger partial charge in [-0.25, -0.2) is 0 Å². The van der Waals surface area contributed by atoms with Gasteiger partial charge in [0.25, 0.3) is 0 Å². The van der Waals surface area contributed by atoms with Gasteiger partial charge in [0, 0.05) is 24.4 Å². The second kappa shape index (κ2) is 7.65. The smallest absolute Gasteiger partial charge is 0.231 e. The van der Waals surface area contributed by atoms with E-state index < -0.39 is 0 Å². The molecule has 1 aliphatic heterocycles. The number of carbonyl (C=O) groups is 2. The molecule has 1 saturated heterocycles. The summed E-state index contributed by atoms with van der Waals surface area (Å²) >= 11 is 2.97. The van der Waals surface area contributed by atoms with E-state index in [1.54, 1.807) is 16.8 Å². The zero-order valence-electron chi connectivity index (χ0n) is 12.6. The average molecular weight is 350 g/mol. The molecule has 8 heteroatoms. The van der Waals surface area contributed by atoms with Gasteiger partial charge in [-0.1, -0.05) is 17.4 Å². The number of nitrogens with zero attached hydrogens (tertiary/aromatic N) is 3. The minimum absolute atomic E-state index is 0.0718. The van der Waals surface area contributed by atoms with Crippen LogP contribution in [0.2, 0.25) is 0 Å². The van der Waals surface area contributed by atoms with Crippen LogP contribution >= 0.6 is 22.7 Å². The number of thiophene rings is 1. The molecule has 1 fully saturated rings. The second-order valence-corrected chi connectivity index (χ2v) is 7.36. The summed E-state index contributed by atoms with van der Waals surface area (Å²) in [5.41, 5.74) is 1.58. The van der Waals surface area contributed by atoms with Gasteiger partial charge in [-0.3, -0.25) is 9.59 Å². The first-order chi connectivity index (χ1) is 11.2. The maximum atomic E-state index is 12.4. The Morgan fingerprint density at radius 2 is 2.30 bits per heavy atom. The highest BCUT2D eigenvalue weighted by atomic mass is 32.1. The molecule has 3 rings (SSSR count). The molecule has 2 amide bonds. The quantitative estimate of drug-likeness (QED) is 0.898. The molecule has 0 saturated carbocycles. The number of aryl methyl sites for hydroxylation is 1. The van der Waals surface area contributed by atoms with E-state index in [2.05, 4.69) is 15.5 Å². The van der Waals surface area contributed by atoms with Gasteiger partial charge in [-0.05, 0) is 30.7 Å². The van der Waals surface area contributed by atoms with Gasteiger partial charge in [0.05, 0.1) is 5.92 Å². The van der Waals surface area contributed by atoms with E-state index in [0.29, 0.717) is 18.1 Å². The van der Waals surface area contributed by atoms with Gasteiger partial charge < -0.3 is 10.2 Å². The van der Waals surface area contributed by atoms with Crippen LogP contribution in [0.3, 0.4) is 0 Å². The summed E-state index contributed by atoms with van der Waals surface area (Å²) in [6.45, 7) is 1.24. The molecule has 1 atom stereocenters. The molecule has 2 aromatic heterocycles. The Labute approximate surface area is 142 Å². The molecule has 0 radical (unpaired) electrons. The van der Waals surface area contributed by atoms with Gasteiger partial charge in [-0.15, -0.1) is 21.5 Å². The van der Waals surface area contributed by atoms with Gasteiger partial charge in [-0.2, -0.15) is 0 Å². The van der Waals surface area contributed by atoms with Gasteiger partial charge in [0.1, 0.15) is 5.51 Å². The van der Waals surface area contributed by atoms with E-state index in [0.717, 1.165) is 25.8 Å². The maximum absolute atomic E-state index is 12.4. The Kier molecular flexibility index (Phi) is 5.35. The van der Waals surface area contributed by atoms with Crippen molar-refractivity contribution >= 4 is 39.6 Å². The third-order valence-electron chi connectivity index (χ3n) is 3.90. The van der Waals surface area contributed by atoms with Crippen LogP contribution < -0.4 is 5.32 Å². The van der Waals surface area contributed by atoms with Crippen molar-refractivity contribution in [2.24, 2.45) is 5.92 Å². The second-order valence-electron chi connectivity index (χ2n) is 5.49. The summed E-state index contributed by atoms with van der Waals surface area (Å²) in [6.07, 6.45) is 2.94. The molecule has 0 bridgehead atoms. The Hall–Kier alpha value is -1.80. The molecule has 1 N–H and O–H groups in total. The third kappa shape index (κ3) is 4.35. The van der Waals surface area contributed by atoms with Crippen LogP contribution in [0.25, 0.3) is 0 Å². The minimum Gasteiger partial charge on any atom is -0.342 e. The summed E-state index contributed by atoms with van der Waals surface area (Å²) in [5.74, 6) is -0.109. The number of nitrogens with one attached hydrogen (secondary N) is 1. The number of amides is 2. The number of piperidine rings is 1. The molecular formula is C15H18N4O2S2. The number of hydrogen-bond acceptors (Lipinski definition) is 6. The first kappa shape index (κ1) is 16.1. The van der Waals surface area contributed by atoms with Crippen LogP contribution in [0.15, 0.2) is 23.0 Å². The molecule has 0 spiro atoms. The molecule has 122 valence electrons. The molecule has 0 aliphatic carbocycles. The number of aromatic nitrogens is 2. The van der Waals surface area contributed by atoms with Crippen molar-refractivity contribution in [2.75, 3.05) is 18.4 Å². The predicted octanol–water partition coefficient (Wildman–Crippen LogP) is 2.41. The molecule has 3 heterocycles. The fourth-order valence-electron chi connectivity index (χ4n) is 2.70. The Balaban J connectivity index is 1.50. The molecule has 23 heavy (non-hydrogen) atoms. The lowest BCUT2D eigenvalue weighted by atomic mass is 9.97. The minimum atomic E-state index is -0.168. The fraction of sp³-hybridized carbons (Fsp3) is 0.467. The largest absolute Gasteiger partial charge is 0.342 e. The lowest BCUT2D eigenvalue weighted by molar-refractivity contribution is -0.134. The normalized spacial score (nSPS) is 17.9. The number of hydrogen-bond donors (Lipinski definition) is 1. The lowest BCUT2D eigenvalue weighted by Crippen LogP contribution is -2.43.